The number of aromatic nitrogens is 3. The number of benzene rings is 1. The Bertz CT molecular complexity index is 521. The van der Waals surface area contributed by atoms with Crippen molar-refractivity contribution in [2.24, 2.45) is 7.05 Å². The van der Waals surface area contributed by atoms with E-state index in [2.05, 4.69) is 15.5 Å². The van der Waals surface area contributed by atoms with Gasteiger partial charge < -0.3 is 5.32 Å². The molecule has 1 aromatic heterocycles. The number of halogens is 1. The fourth-order valence-electron chi connectivity index (χ4n) is 1.32. The van der Waals surface area contributed by atoms with E-state index in [1.807, 2.05) is 12.1 Å². The maximum absolute atomic E-state index is 11.6. The SMILES string of the molecule is Cn1ncc(C(=O)NCc2ccc(Cl)cc2)n1. The fourth-order valence-corrected chi connectivity index (χ4v) is 1.45. The van der Waals surface area contributed by atoms with Crippen molar-refractivity contribution in [1.29, 1.82) is 0 Å². The molecule has 0 aliphatic heterocycles. The number of carbonyl (C=O) groups excluding carboxylic acids is 1. The number of amides is 1. The molecule has 0 atom stereocenters. The van der Waals surface area contributed by atoms with Crippen LogP contribution >= 0.6 is 11.6 Å². The average molecular weight is 251 g/mol. The number of nitrogens with zero attached hydrogens (tertiary/aromatic N) is 3. The lowest BCUT2D eigenvalue weighted by atomic mass is 10.2. The minimum atomic E-state index is -0.243. The van der Waals surface area contributed by atoms with Gasteiger partial charge in [-0.25, -0.2) is 0 Å². The lowest BCUT2D eigenvalue weighted by Gasteiger charge is -2.03. The Hall–Kier alpha value is -1.88. The molecule has 0 aliphatic rings. The molecule has 5 nitrogen and oxygen atoms in total. The van der Waals surface area contributed by atoms with Crippen LogP contribution in [-0.4, -0.2) is 20.9 Å². The Labute approximate surface area is 103 Å². The molecule has 0 saturated carbocycles. The van der Waals surface area contributed by atoms with Gasteiger partial charge in [-0.05, 0) is 17.7 Å². The maximum atomic E-state index is 11.6. The summed E-state index contributed by atoms with van der Waals surface area (Å²) in [6.07, 6.45) is 1.43. The van der Waals surface area contributed by atoms with Crippen LogP contribution < -0.4 is 5.32 Å². The van der Waals surface area contributed by atoms with Gasteiger partial charge >= 0.3 is 0 Å². The molecule has 1 aromatic carbocycles. The van der Waals surface area contributed by atoms with E-state index in [0.717, 1.165) is 5.56 Å². The zero-order valence-electron chi connectivity index (χ0n) is 9.22. The molecule has 2 rings (SSSR count). The van der Waals surface area contributed by atoms with Crippen LogP contribution in [0.25, 0.3) is 0 Å². The summed E-state index contributed by atoms with van der Waals surface area (Å²) in [4.78, 5) is 13.0. The number of aryl methyl sites for hydroxylation is 1. The van der Waals surface area contributed by atoms with Crippen molar-refractivity contribution >= 4 is 17.5 Å². The molecule has 1 amide bonds. The summed E-state index contributed by atoms with van der Waals surface area (Å²) in [6.45, 7) is 0.437. The first-order valence-electron chi connectivity index (χ1n) is 5.04. The van der Waals surface area contributed by atoms with Crippen molar-refractivity contribution in [2.75, 3.05) is 0 Å². The van der Waals surface area contributed by atoms with Gasteiger partial charge in [-0.3, -0.25) is 4.79 Å². The van der Waals surface area contributed by atoms with Gasteiger partial charge in [0.1, 0.15) is 0 Å². The summed E-state index contributed by atoms with van der Waals surface area (Å²) in [5.41, 5.74) is 1.29. The average Bonchev–Trinajstić information content (AvgIpc) is 2.75. The molecular formula is C11H11ClN4O. The Balaban J connectivity index is 1.94. The van der Waals surface area contributed by atoms with Crippen molar-refractivity contribution in [1.82, 2.24) is 20.3 Å². The summed E-state index contributed by atoms with van der Waals surface area (Å²) < 4.78 is 0. The first-order chi connectivity index (χ1) is 8.15. The molecule has 2 aromatic rings. The van der Waals surface area contributed by atoms with Crippen LogP contribution in [-0.2, 0) is 13.6 Å². The van der Waals surface area contributed by atoms with Crippen molar-refractivity contribution in [3.8, 4) is 0 Å². The third kappa shape index (κ3) is 3.04. The van der Waals surface area contributed by atoms with Crippen LogP contribution in [0.2, 0.25) is 5.02 Å². The molecule has 0 bridgehead atoms. The molecule has 0 aliphatic carbocycles. The summed E-state index contributed by atoms with van der Waals surface area (Å²) in [7, 11) is 1.66. The van der Waals surface area contributed by atoms with Crippen molar-refractivity contribution in [3.63, 3.8) is 0 Å². The highest BCUT2D eigenvalue weighted by molar-refractivity contribution is 6.30. The van der Waals surface area contributed by atoms with Crippen LogP contribution in [0.15, 0.2) is 30.5 Å². The van der Waals surface area contributed by atoms with Gasteiger partial charge in [-0.2, -0.15) is 9.90 Å². The van der Waals surface area contributed by atoms with Crippen LogP contribution in [0.4, 0.5) is 0 Å². The third-order valence-corrected chi connectivity index (χ3v) is 2.45. The second-order valence-corrected chi connectivity index (χ2v) is 3.96. The lowest BCUT2D eigenvalue weighted by Crippen LogP contribution is -2.23. The molecule has 0 saturated heterocycles. The summed E-state index contributed by atoms with van der Waals surface area (Å²) in [5.74, 6) is -0.243. The summed E-state index contributed by atoms with van der Waals surface area (Å²) >= 11 is 5.76. The second-order valence-electron chi connectivity index (χ2n) is 3.53. The van der Waals surface area contributed by atoms with Gasteiger partial charge in [0.15, 0.2) is 5.69 Å². The Morgan fingerprint density at radius 1 is 1.41 bits per heavy atom. The number of carbonyl (C=O) groups is 1. The van der Waals surface area contributed by atoms with E-state index in [9.17, 15) is 4.79 Å². The minimum Gasteiger partial charge on any atom is -0.347 e. The number of hydrogen-bond acceptors (Lipinski definition) is 3. The van der Waals surface area contributed by atoms with E-state index in [-0.39, 0.29) is 5.91 Å². The maximum Gasteiger partial charge on any atom is 0.273 e. The Morgan fingerprint density at radius 3 is 2.71 bits per heavy atom. The van der Waals surface area contributed by atoms with E-state index >= 15 is 0 Å². The summed E-state index contributed by atoms with van der Waals surface area (Å²) in [6, 6.07) is 7.29. The summed E-state index contributed by atoms with van der Waals surface area (Å²) in [5, 5.41) is 11.2. The molecule has 17 heavy (non-hydrogen) atoms. The molecule has 1 heterocycles. The van der Waals surface area contributed by atoms with E-state index in [1.54, 1.807) is 19.2 Å². The predicted octanol–water partition coefficient (Wildman–Crippen LogP) is 1.40. The van der Waals surface area contributed by atoms with Gasteiger partial charge in [0, 0.05) is 18.6 Å². The molecule has 0 fully saturated rings. The quantitative estimate of drug-likeness (QED) is 0.896. The van der Waals surface area contributed by atoms with Gasteiger partial charge in [-0.1, -0.05) is 23.7 Å². The van der Waals surface area contributed by atoms with Crippen LogP contribution in [0.1, 0.15) is 16.1 Å². The molecule has 88 valence electrons. The van der Waals surface area contributed by atoms with Gasteiger partial charge in [-0.15, -0.1) is 5.10 Å². The van der Waals surface area contributed by atoms with Crippen molar-refractivity contribution in [2.45, 2.75) is 6.54 Å². The standard InChI is InChI=1S/C11H11ClN4O/c1-16-14-7-10(15-16)11(17)13-6-8-2-4-9(12)5-3-8/h2-5,7H,6H2,1H3,(H,13,17). The highest BCUT2D eigenvalue weighted by Crippen LogP contribution is 2.09. The van der Waals surface area contributed by atoms with Gasteiger partial charge in [0.05, 0.1) is 6.20 Å². The normalized spacial score (nSPS) is 10.2. The number of nitrogens with one attached hydrogen (secondary N) is 1. The second kappa shape index (κ2) is 4.97. The van der Waals surface area contributed by atoms with Crippen LogP contribution in [0.5, 0.6) is 0 Å². The zero-order chi connectivity index (χ0) is 12.3. The van der Waals surface area contributed by atoms with Gasteiger partial charge in [0.25, 0.3) is 5.91 Å². The highest BCUT2D eigenvalue weighted by atomic mass is 35.5. The Kier molecular flexibility index (Phi) is 3.39. The Morgan fingerprint density at radius 2 is 2.12 bits per heavy atom. The van der Waals surface area contributed by atoms with Crippen molar-refractivity contribution < 1.29 is 4.79 Å². The predicted molar refractivity (Wildman–Crippen MR) is 63.6 cm³/mol. The van der Waals surface area contributed by atoms with Crippen LogP contribution in [0, 0.1) is 0 Å². The number of rotatable bonds is 3. The van der Waals surface area contributed by atoms with Crippen molar-refractivity contribution in [3.05, 3.63) is 46.7 Å². The fraction of sp³-hybridized carbons (Fsp3) is 0.182. The first kappa shape index (κ1) is 11.6. The van der Waals surface area contributed by atoms with E-state index in [4.69, 9.17) is 11.6 Å². The third-order valence-electron chi connectivity index (χ3n) is 2.20. The van der Waals surface area contributed by atoms with E-state index in [1.165, 1.54) is 11.0 Å². The monoisotopic (exact) mass is 250 g/mol. The molecular weight excluding hydrogens is 240 g/mol. The first-order valence-corrected chi connectivity index (χ1v) is 5.42. The largest absolute Gasteiger partial charge is 0.347 e. The number of hydrogen-bond donors (Lipinski definition) is 1. The van der Waals surface area contributed by atoms with Gasteiger partial charge in [0.2, 0.25) is 0 Å². The lowest BCUT2D eigenvalue weighted by molar-refractivity contribution is 0.0945. The molecule has 0 unspecified atom stereocenters. The smallest absolute Gasteiger partial charge is 0.273 e. The van der Waals surface area contributed by atoms with E-state index in [0.29, 0.717) is 17.3 Å². The van der Waals surface area contributed by atoms with Crippen LogP contribution in [0.3, 0.4) is 0 Å². The minimum absolute atomic E-state index is 0.243. The molecule has 1 N–H and O–H groups in total. The highest BCUT2D eigenvalue weighted by Gasteiger charge is 2.08. The zero-order valence-corrected chi connectivity index (χ0v) is 9.98. The molecule has 0 spiro atoms. The van der Waals surface area contributed by atoms with E-state index < -0.39 is 0 Å². The molecule has 6 heteroatoms. The topological polar surface area (TPSA) is 59.8 Å². The molecule has 0 radical (unpaired) electrons.